The van der Waals surface area contributed by atoms with Crippen molar-refractivity contribution in [3.05, 3.63) is 35.4 Å². The van der Waals surface area contributed by atoms with Crippen LogP contribution in [-0.2, 0) is 9.53 Å². The van der Waals surface area contributed by atoms with Gasteiger partial charge in [0.2, 0.25) is 0 Å². The number of ether oxygens (including phenoxy) is 2. The second-order valence-electron chi connectivity index (χ2n) is 5.87. The molecule has 0 saturated carbocycles. The van der Waals surface area contributed by atoms with Crippen molar-refractivity contribution in [2.45, 2.75) is 26.7 Å². The van der Waals surface area contributed by atoms with Crippen molar-refractivity contribution in [2.75, 3.05) is 26.9 Å². The fourth-order valence-corrected chi connectivity index (χ4v) is 1.90. The van der Waals surface area contributed by atoms with Crippen LogP contribution in [0.3, 0.4) is 0 Å². The maximum atomic E-state index is 11.9. The summed E-state index contributed by atoms with van der Waals surface area (Å²) in [6.45, 7) is 6.04. The largest absolute Gasteiger partial charge is 0.494 e. The Balaban J connectivity index is 2.58. The smallest absolute Gasteiger partial charge is 0.261 e. The van der Waals surface area contributed by atoms with Gasteiger partial charge in [-0.3, -0.25) is 4.79 Å². The van der Waals surface area contributed by atoms with Crippen LogP contribution in [-0.4, -0.2) is 32.8 Å². The van der Waals surface area contributed by atoms with Gasteiger partial charge in [-0.05, 0) is 42.5 Å². The van der Waals surface area contributed by atoms with Crippen molar-refractivity contribution >= 4 is 12.0 Å². The van der Waals surface area contributed by atoms with E-state index in [4.69, 9.17) is 14.7 Å². The minimum Gasteiger partial charge on any atom is -0.494 e. The maximum Gasteiger partial charge on any atom is 0.261 e. The van der Waals surface area contributed by atoms with Crippen molar-refractivity contribution < 1.29 is 14.3 Å². The molecule has 0 saturated heterocycles. The third-order valence-corrected chi connectivity index (χ3v) is 3.33. The topological polar surface area (TPSA) is 71.3 Å². The van der Waals surface area contributed by atoms with Gasteiger partial charge in [-0.2, -0.15) is 5.26 Å². The number of methoxy groups -OCH3 is 1. The van der Waals surface area contributed by atoms with Gasteiger partial charge in [0.05, 0.1) is 6.61 Å². The van der Waals surface area contributed by atoms with E-state index >= 15 is 0 Å². The van der Waals surface area contributed by atoms with Crippen molar-refractivity contribution in [1.82, 2.24) is 5.32 Å². The van der Waals surface area contributed by atoms with E-state index in [1.807, 2.05) is 30.3 Å². The predicted octanol–water partition coefficient (Wildman–Crippen LogP) is 3.17. The lowest BCUT2D eigenvalue weighted by Gasteiger charge is -2.08. The molecular weight excluding hydrogens is 304 g/mol. The highest BCUT2D eigenvalue weighted by Crippen LogP contribution is 2.15. The fourth-order valence-electron chi connectivity index (χ4n) is 1.90. The van der Waals surface area contributed by atoms with Crippen LogP contribution in [0.15, 0.2) is 29.8 Å². The third kappa shape index (κ3) is 7.80. The normalized spacial score (nSPS) is 11.2. The van der Waals surface area contributed by atoms with Crippen LogP contribution < -0.4 is 10.1 Å². The average molecular weight is 330 g/mol. The van der Waals surface area contributed by atoms with Gasteiger partial charge in [0.1, 0.15) is 17.4 Å². The number of carbonyl (C=O) groups is 1. The highest BCUT2D eigenvalue weighted by Gasteiger charge is 2.08. The summed E-state index contributed by atoms with van der Waals surface area (Å²) in [5.41, 5.74) is 0.871. The summed E-state index contributed by atoms with van der Waals surface area (Å²) in [7, 11) is 1.61. The standard InChI is InChI=1S/C19H26N2O3/c1-15(2)9-12-24-18-7-5-16(6-8-18)13-17(14-20)19(22)21-10-4-11-23-3/h5-8,13,15H,4,9-12H2,1-3H3,(H,21,22)/b17-13+. The zero-order valence-electron chi connectivity index (χ0n) is 14.7. The summed E-state index contributed by atoms with van der Waals surface area (Å²) in [4.78, 5) is 11.9. The molecule has 1 aromatic rings. The Hall–Kier alpha value is -2.32. The minimum atomic E-state index is -0.370. The zero-order chi connectivity index (χ0) is 17.8. The SMILES string of the molecule is COCCCNC(=O)/C(C#N)=C/c1ccc(OCCC(C)C)cc1. The monoisotopic (exact) mass is 330 g/mol. The quantitative estimate of drug-likeness (QED) is 0.406. The molecule has 24 heavy (non-hydrogen) atoms. The van der Waals surface area contributed by atoms with E-state index in [-0.39, 0.29) is 11.5 Å². The first-order valence-corrected chi connectivity index (χ1v) is 8.18. The van der Waals surface area contributed by atoms with Crippen LogP contribution in [0.2, 0.25) is 0 Å². The lowest BCUT2D eigenvalue weighted by molar-refractivity contribution is -0.117. The molecule has 5 nitrogen and oxygen atoms in total. The van der Waals surface area contributed by atoms with E-state index in [9.17, 15) is 4.79 Å². The average Bonchev–Trinajstić information content (AvgIpc) is 2.57. The molecule has 0 atom stereocenters. The Labute approximate surface area is 144 Å². The second kappa shape index (κ2) is 11.3. The van der Waals surface area contributed by atoms with E-state index in [0.717, 1.165) is 17.7 Å². The summed E-state index contributed by atoms with van der Waals surface area (Å²) in [5, 5.41) is 11.9. The Morgan fingerprint density at radius 3 is 2.58 bits per heavy atom. The Bertz CT molecular complexity index is 571. The minimum absolute atomic E-state index is 0.0842. The van der Waals surface area contributed by atoms with E-state index in [2.05, 4.69) is 19.2 Å². The molecule has 130 valence electrons. The molecule has 0 aliphatic heterocycles. The Morgan fingerprint density at radius 2 is 2.00 bits per heavy atom. The number of hydrogen-bond acceptors (Lipinski definition) is 4. The molecule has 1 amide bonds. The Kier molecular flexibility index (Phi) is 9.25. The molecule has 5 heteroatoms. The number of nitriles is 1. The van der Waals surface area contributed by atoms with Crippen LogP contribution in [0, 0.1) is 17.2 Å². The molecule has 0 bridgehead atoms. The van der Waals surface area contributed by atoms with Crippen molar-refractivity contribution in [3.8, 4) is 11.8 Å². The molecule has 0 aliphatic rings. The van der Waals surface area contributed by atoms with Gasteiger partial charge in [-0.1, -0.05) is 26.0 Å². The number of hydrogen-bond donors (Lipinski definition) is 1. The molecule has 0 spiro atoms. The number of nitrogens with zero attached hydrogens (tertiary/aromatic N) is 1. The maximum absolute atomic E-state index is 11.9. The van der Waals surface area contributed by atoms with E-state index in [1.54, 1.807) is 13.2 Å². The van der Waals surface area contributed by atoms with Crippen LogP contribution in [0.25, 0.3) is 6.08 Å². The highest BCUT2D eigenvalue weighted by molar-refractivity contribution is 6.01. The van der Waals surface area contributed by atoms with Crippen LogP contribution in [0.4, 0.5) is 0 Å². The number of rotatable bonds is 10. The Morgan fingerprint density at radius 1 is 1.29 bits per heavy atom. The summed E-state index contributed by atoms with van der Waals surface area (Å²) in [5.74, 6) is 1.02. The second-order valence-corrected chi connectivity index (χ2v) is 5.87. The van der Waals surface area contributed by atoms with Gasteiger partial charge in [0.25, 0.3) is 5.91 Å². The zero-order valence-corrected chi connectivity index (χ0v) is 14.7. The van der Waals surface area contributed by atoms with Crippen LogP contribution in [0.5, 0.6) is 5.75 Å². The molecule has 0 heterocycles. The van der Waals surface area contributed by atoms with Crippen molar-refractivity contribution in [3.63, 3.8) is 0 Å². The van der Waals surface area contributed by atoms with Gasteiger partial charge in [-0.25, -0.2) is 0 Å². The molecule has 0 fully saturated rings. The first-order valence-electron chi connectivity index (χ1n) is 8.18. The van der Waals surface area contributed by atoms with E-state index < -0.39 is 0 Å². The molecule has 1 N–H and O–H groups in total. The first-order chi connectivity index (χ1) is 11.6. The van der Waals surface area contributed by atoms with Gasteiger partial charge in [0.15, 0.2) is 0 Å². The van der Waals surface area contributed by atoms with E-state index in [0.29, 0.717) is 32.1 Å². The molecule has 0 aromatic heterocycles. The highest BCUT2D eigenvalue weighted by atomic mass is 16.5. The molecule has 1 aromatic carbocycles. The molecular formula is C19H26N2O3. The summed E-state index contributed by atoms with van der Waals surface area (Å²) < 4.78 is 10.6. The van der Waals surface area contributed by atoms with Crippen molar-refractivity contribution in [1.29, 1.82) is 5.26 Å². The van der Waals surface area contributed by atoms with Crippen LogP contribution in [0.1, 0.15) is 32.3 Å². The third-order valence-electron chi connectivity index (χ3n) is 3.33. The fraction of sp³-hybridized carbons (Fsp3) is 0.474. The lowest BCUT2D eigenvalue weighted by atomic mass is 10.1. The number of nitrogens with one attached hydrogen (secondary N) is 1. The van der Waals surface area contributed by atoms with Gasteiger partial charge < -0.3 is 14.8 Å². The van der Waals surface area contributed by atoms with Crippen molar-refractivity contribution in [2.24, 2.45) is 5.92 Å². The summed E-state index contributed by atoms with van der Waals surface area (Å²) in [6.07, 6.45) is 3.29. The summed E-state index contributed by atoms with van der Waals surface area (Å²) in [6, 6.07) is 9.30. The lowest BCUT2D eigenvalue weighted by Crippen LogP contribution is -2.26. The van der Waals surface area contributed by atoms with Crippen LogP contribution >= 0.6 is 0 Å². The molecule has 0 unspecified atom stereocenters. The first kappa shape index (κ1) is 19.7. The molecule has 0 radical (unpaired) electrons. The molecule has 1 rings (SSSR count). The predicted molar refractivity (Wildman–Crippen MR) is 94.5 cm³/mol. The number of benzene rings is 1. The summed E-state index contributed by atoms with van der Waals surface area (Å²) >= 11 is 0. The number of carbonyl (C=O) groups excluding carboxylic acids is 1. The van der Waals surface area contributed by atoms with Gasteiger partial charge >= 0.3 is 0 Å². The molecule has 0 aliphatic carbocycles. The van der Waals surface area contributed by atoms with Gasteiger partial charge in [-0.15, -0.1) is 0 Å². The van der Waals surface area contributed by atoms with E-state index in [1.165, 1.54) is 0 Å². The number of amides is 1. The van der Waals surface area contributed by atoms with Gasteiger partial charge in [0, 0.05) is 20.3 Å².